The molecule has 0 atom stereocenters. The summed E-state index contributed by atoms with van der Waals surface area (Å²) in [5.41, 5.74) is 0.473. The maximum absolute atomic E-state index is 12.4. The van der Waals surface area contributed by atoms with Crippen LogP contribution < -0.4 is 10.1 Å². The predicted octanol–water partition coefficient (Wildman–Crippen LogP) is 2.40. The molecular weight excluding hydrogens is 389 g/mol. The Kier molecular flexibility index (Phi) is 6.83. The Hall–Kier alpha value is -2.49. The molecule has 2 heterocycles. The number of hydrogen-bond acceptors (Lipinski definition) is 4. The fourth-order valence-electron chi connectivity index (χ4n) is 3.37. The van der Waals surface area contributed by atoms with Crippen molar-refractivity contribution < 1.29 is 27.5 Å². The first-order chi connectivity index (χ1) is 13.8. The fourth-order valence-corrected chi connectivity index (χ4v) is 3.37. The van der Waals surface area contributed by atoms with Crippen molar-refractivity contribution >= 4 is 17.6 Å². The first-order valence-corrected chi connectivity index (χ1v) is 9.66. The molecule has 0 unspecified atom stereocenters. The Morgan fingerprint density at radius 2 is 1.55 bits per heavy atom. The average Bonchev–Trinajstić information content (AvgIpc) is 3.22. The summed E-state index contributed by atoms with van der Waals surface area (Å²) in [6.45, 7) is 2.95. The first kappa shape index (κ1) is 21.2. The van der Waals surface area contributed by atoms with E-state index in [9.17, 15) is 22.8 Å². The third kappa shape index (κ3) is 6.52. The smallest absolute Gasteiger partial charge is 0.422 e. The van der Waals surface area contributed by atoms with E-state index in [1.807, 2.05) is 4.90 Å². The maximum atomic E-state index is 12.4. The molecule has 2 aliphatic rings. The standard InChI is InChI=1S/C19H25F3N4O3/c20-19(21,22)14-29-16-5-3-15(4-6-16)23-18(28)26-11-9-24(10-12-26)13-17(27)25-7-1-2-8-25/h3-6H,1-2,7-14H2,(H,23,28). The summed E-state index contributed by atoms with van der Waals surface area (Å²) in [5, 5.41) is 2.73. The molecule has 7 nitrogen and oxygen atoms in total. The van der Waals surface area contributed by atoms with Crippen LogP contribution in [0.1, 0.15) is 12.8 Å². The number of carbonyl (C=O) groups is 2. The number of halogens is 3. The van der Waals surface area contributed by atoms with Gasteiger partial charge in [-0.05, 0) is 37.1 Å². The lowest BCUT2D eigenvalue weighted by atomic mass is 10.3. The third-order valence-electron chi connectivity index (χ3n) is 4.99. The number of amides is 3. The van der Waals surface area contributed by atoms with Crippen LogP contribution in [0.3, 0.4) is 0 Å². The second kappa shape index (κ2) is 9.34. The number of rotatable bonds is 5. The van der Waals surface area contributed by atoms with Gasteiger partial charge in [0.05, 0.1) is 6.54 Å². The summed E-state index contributed by atoms with van der Waals surface area (Å²) in [4.78, 5) is 30.2. The first-order valence-electron chi connectivity index (χ1n) is 9.66. The molecule has 2 fully saturated rings. The molecule has 0 bridgehead atoms. The number of benzene rings is 1. The zero-order chi connectivity index (χ0) is 20.9. The van der Waals surface area contributed by atoms with Crippen LogP contribution in [0.5, 0.6) is 5.75 Å². The van der Waals surface area contributed by atoms with Crippen LogP contribution >= 0.6 is 0 Å². The molecule has 3 amide bonds. The van der Waals surface area contributed by atoms with Crippen molar-refractivity contribution in [2.75, 3.05) is 57.7 Å². The number of alkyl halides is 3. The molecule has 2 saturated heterocycles. The number of likely N-dealkylation sites (tertiary alicyclic amines) is 1. The monoisotopic (exact) mass is 414 g/mol. The van der Waals surface area contributed by atoms with E-state index in [2.05, 4.69) is 15.0 Å². The summed E-state index contributed by atoms with van der Waals surface area (Å²) in [5.74, 6) is 0.227. The largest absolute Gasteiger partial charge is 0.484 e. The zero-order valence-electron chi connectivity index (χ0n) is 16.1. The van der Waals surface area contributed by atoms with Gasteiger partial charge in [0.25, 0.3) is 0 Å². The van der Waals surface area contributed by atoms with E-state index >= 15 is 0 Å². The number of nitrogens with one attached hydrogen (secondary N) is 1. The number of urea groups is 1. The Bertz CT molecular complexity index is 698. The maximum Gasteiger partial charge on any atom is 0.422 e. The van der Waals surface area contributed by atoms with E-state index in [0.29, 0.717) is 38.4 Å². The van der Waals surface area contributed by atoms with Crippen LogP contribution in [0, 0.1) is 0 Å². The summed E-state index contributed by atoms with van der Waals surface area (Å²) < 4.78 is 41.1. The number of piperazine rings is 1. The molecule has 0 aromatic heterocycles. The molecule has 160 valence electrons. The summed E-state index contributed by atoms with van der Waals surface area (Å²) in [6.07, 6.45) is -2.27. The highest BCUT2D eigenvalue weighted by Gasteiger charge is 2.28. The quantitative estimate of drug-likeness (QED) is 0.804. The Morgan fingerprint density at radius 1 is 0.931 bits per heavy atom. The van der Waals surface area contributed by atoms with Crippen molar-refractivity contribution in [3.8, 4) is 5.75 Å². The lowest BCUT2D eigenvalue weighted by Crippen LogP contribution is -2.52. The number of hydrogen-bond donors (Lipinski definition) is 1. The third-order valence-corrected chi connectivity index (χ3v) is 4.99. The van der Waals surface area contributed by atoms with Gasteiger partial charge >= 0.3 is 12.2 Å². The SMILES string of the molecule is O=C(CN1CCN(C(=O)Nc2ccc(OCC(F)(F)F)cc2)CC1)N1CCCC1. The molecule has 1 aromatic rings. The molecule has 0 aliphatic carbocycles. The Balaban J connectivity index is 1.40. The highest BCUT2D eigenvalue weighted by molar-refractivity contribution is 5.89. The minimum absolute atomic E-state index is 0.0802. The lowest BCUT2D eigenvalue weighted by Gasteiger charge is -2.35. The van der Waals surface area contributed by atoms with Crippen molar-refractivity contribution in [1.82, 2.24) is 14.7 Å². The summed E-state index contributed by atoms with van der Waals surface area (Å²) in [7, 11) is 0. The molecule has 1 N–H and O–H groups in total. The zero-order valence-corrected chi connectivity index (χ0v) is 16.1. The van der Waals surface area contributed by atoms with Crippen LogP contribution in [0.2, 0.25) is 0 Å². The van der Waals surface area contributed by atoms with Gasteiger partial charge in [-0.15, -0.1) is 0 Å². The molecule has 0 radical (unpaired) electrons. The molecule has 10 heteroatoms. The van der Waals surface area contributed by atoms with Gasteiger partial charge in [0.2, 0.25) is 5.91 Å². The van der Waals surface area contributed by atoms with E-state index in [1.165, 1.54) is 24.3 Å². The highest BCUT2D eigenvalue weighted by atomic mass is 19.4. The van der Waals surface area contributed by atoms with Gasteiger partial charge in [0, 0.05) is 45.0 Å². The topological polar surface area (TPSA) is 65.1 Å². The Labute approximate surface area is 167 Å². The second-order valence-electron chi connectivity index (χ2n) is 7.21. The molecule has 0 spiro atoms. The lowest BCUT2D eigenvalue weighted by molar-refractivity contribution is -0.153. The summed E-state index contributed by atoms with van der Waals surface area (Å²) >= 11 is 0. The molecule has 3 rings (SSSR count). The molecule has 1 aromatic carbocycles. The van der Waals surface area contributed by atoms with Gasteiger partial charge in [-0.25, -0.2) is 4.79 Å². The molecule has 29 heavy (non-hydrogen) atoms. The minimum Gasteiger partial charge on any atom is -0.484 e. The van der Waals surface area contributed by atoms with Gasteiger partial charge in [-0.3, -0.25) is 9.69 Å². The normalized spacial score (nSPS) is 18.0. The molecule has 0 saturated carbocycles. The minimum atomic E-state index is -4.39. The molecule has 2 aliphatic heterocycles. The predicted molar refractivity (Wildman–Crippen MR) is 101 cm³/mol. The van der Waals surface area contributed by atoms with Crippen molar-refractivity contribution in [3.05, 3.63) is 24.3 Å². The number of ether oxygens (including phenoxy) is 1. The van der Waals surface area contributed by atoms with Gasteiger partial charge < -0.3 is 19.9 Å². The van der Waals surface area contributed by atoms with Crippen molar-refractivity contribution in [2.45, 2.75) is 19.0 Å². The van der Waals surface area contributed by atoms with Crippen LogP contribution in [-0.2, 0) is 4.79 Å². The van der Waals surface area contributed by atoms with Gasteiger partial charge in [-0.2, -0.15) is 13.2 Å². The van der Waals surface area contributed by atoms with E-state index in [4.69, 9.17) is 0 Å². The van der Waals surface area contributed by atoms with E-state index < -0.39 is 12.8 Å². The van der Waals surface area contributed by atoms with E-state index in [1.54, 1.807) is 4.90 Å². The average molecular weight is 414 g/mol. The number of anilines is 1. The van der Waals surface area contributed by atoms with Gasteiger partial charge in [0.15, 0.2) is 6.61 Å². The highest BCUT2D eigenvalue weighted by Crippen LogP contribution is 2.20. The van der Waals surface area contributed by atoms with E-state index in [-0.39, 0.29) is 17.7 Å². The Morgan fingerprint density at radius 3 is 2.14 bits per heavy atom. The van der Waals surface area contributed by atoms with Crippen LogP contribution in [0.15, 0.2) is 24.3 Å². The van der Waals surface area contributed by atoms with Crippen LogP contribution in [-0.4, -0.2) is 85.2 Å². The second-order valence-corrected chi connectivity index (χ2v) is 7.21. The summed E-state index contributed by atoms with van der Waals surface area (Å²) in [6, 6.07) is 5.47. The van der Waals surface area contributed by atoms with Crippen LogP contribution in [0.4, 0.5) is 23.7 Å². The number of carbonyl (C=O) groups excluding carboxylic acids is 2. The molecular formula is C19H25F3N4O3. The van der Waals surface area contributed by atoms with E-state index in [0.717, 1.165) is 25.9 Å². The van der Waals surface area contributed by atoms with Crippen LogP contribution in [0.25, 0.3) is 0 Å². The number of nitrogens with zero attached hydrogens (tertiary/aromatic N) is 3. The fraction of sp³-hybridized carbons (Fsp3) is 0.579. The van der Waals surface area contributed by atoms with Crippen molar-refractivity contribution in [3.63, 3.8) is 0 Å². The van der Waals surface area contributed by atoms with Gasteiger partial charge in [-0.1, -0.05) is 0 Å². The van der Waals surface area contributed by atoms with Crippen molar-refractivity contribution in [1.29, 1.82) is 0 Å². The van der Waals surface area contributed by atoms with Gasteiger partial charge in [0.1, 0.15) is 5.75 Å². The van der Waals surface area contributed by atoms with Crippen molar-refractivity contribution in [2.24, 2.45) is 0 Å².